The maximum Gasteiger partial charge on any atom is 0.319 e. The van der Waals surface area contributed by atoms with Gasteiger partial charge < -0.3 is 24.5 Å². The number of pyridine rings is 1. The third-order valence-corrected chi connectivity index (χ3v) is 13.4. The van der Waals surface area contributed by atoms with Crippen molar-refractivity contribution in [3.8, 4) is 35.4 Å². The van der Waals surface area contributed by atoms with Crippen LogP contribution in [0.15, 0.2) is 61.3 Å². The summed E-state index contributed by atoms with van der Waals surface area (Å²) in [6, 6.07) is 11.0. The fourth-order valence-corrected chi connectivity index (χ4v) is 10.6. The van der Waals surface area contributed by atoms with E-state index in [1.807, 2.05) is 23.1 Å². The largest absolute Gasteiger partial charge is 0.508 e. The van der Waals surface area contributed by atoms with E-state index < -0.39 is 11.6 Å². The highest BCUT2D eigenvalue weighted by molar-refractivity contribution is 6.03. The Balaban J connectivity index is 1.02. The molecular formula is C46H43F2N7O4. The van der Waals surface area contributed by atoms with E-state index in [0.717, 1.165) is 62.7 Å². The molecule has 2 amide bonds. The summed E-state index contributed by atoms with van der Waals surface area (Å²) in [5.41, 5.74) is 2.40. The minimum absolute atomic E-state index is 0.0236. The Hall–Kier alpha value is -6.13. The van der Waals surface area contributed by atoms with Crippen molar-refractivity contribution >= 4 is 39.3 Å². The molecular weight excluding hydrogens is 753 g/mol. The third-order valence-electron chi connectivity index (χ3n) is 13.4. The SMILES string of the molecule is C#Cc1c(F)ccc2cc(O)cc(-c3ncc4c(N5CC6CCC(C5)N6C(=O)c5cccc6c5CCN(C(=O)C=C)C6)nc(OCC56CCCN5CCC6)nc4c3F)c12. The number of benzene rings is 3. The maximum absolute atomic E-state index is 17.2. The molecule has 1 N–H and O–H groups in total. The van der Waals surface area contributed by atoms with E-state index in [-0.39, 0.29) is 68.9 Å². The molecule has 5 aliphatic heterocycles. The predicted octanol–water partition coefficient (Wildman–Crippen LogP) is 6.38. The van der Waals surface area contributed by atoms with Crippen molar-refractivity contribution in [2.24, 2.45) is 0 Å². The van der Waals surface area contributed by atoms with E-state index in [1.54, 1.807) is 4.90 Å². The number of rotatable bonds is 7. The fraction of sp³-hybridized carbons (Fsp3) is 0.370. The zero-order valence-electron chi connectivity index (χ0n) is 32.6. The molecule has 0 spiro atoms. The number of halogens is 2. The van der Waals surface area contributed by atoms with Crippen LogP contribution in [0.25, 0.3) is 32.9 Å². The Labute approximate surface area is 340 Å². The van der Waals surface area contributed by atoms with E-state index in [1.165, 1.54) is 36.5 Å². The molecule has 5 aliphatic rings. The second-order valence-electron chi connectivity index (χ2n) is 16.5. The zero-order chi connectivity index (χ0) is 40.6. The van der Waals surface area contributed by atoms with Gasteiger partial charge in [0.15, 0.2) is 5.82 Å². The maximum atomic E-state index is 17.2. The molecule has 2 bridgehead atoms. The molecule has 4 saturated heterocycles. The molecule has 2 atom stereocenters. The van der Waals surface area contributed by atoms with Gasteiger partial charge in [0.1, 0.15) is 35.2 Å². The van der Waals surface area contributed by atoms with Crippen LogP contribution in [0.4, 0.5) is 14.6 Å². The second-order valence-corrected chi connectivity index (χ2v) is 16.5. The zero-order valence-corrected chi connectivity index (χ0v) is 32.6. The summed E-state index contributed by atoms with van der Waals surface area (Å²) in [6.45, 7) is 7.88. The first-order valence-corrected chi connectivity index (χ1v) is 20.4. The van der Waals surface area contributed by atoms with Gasteiger partial charge in [-0.25, -0.2) is 8.78 Å². The monoisotopic (exact) mass is 795 g/mol. The normalized spacial score (nSPS) is 20.8. The molecule has 13 heteroatoms. The highest BCUT2D eigenvalue weighted by atomic mass is 19.1. The molecule has 3 aromatic carbocycles. The molecule has 10 rings (SSSR count). The van der Waals surface area contributed by atoms with Gasteiger partial charge in [-0.3, -0.25) is 19.5 Å². The van der Waals surface area contributed by atoms with Crippen LogP contribution in [0, 0.1) is 24.0 Å². The quantitative estimate of drug-likeness (QED) is 0.148. The molecule has 0 radical (unpaired) electrons. The predicted molar refractivity (Wildman–Crippen MR) is 219 cm³/mol. The van der Waals surface area contributed by atoms with Crippen LogP contribution in [-0.4, -0.2) is 104 Å². The van der Waals surface area contributed by atoms with Crippen molar-refractivity contribution in [3.05, 3.63) is 95.2 Å². The summed E-state index contributed by atoms with van der Waals surface area (Å²) in [6.07, 6.45) is 14.9. The Morgan fingerprint density at radius 1 is 1.05 bits per heavy atom. The van der Waals surface area contributed by atoms with E-state index in [4.69, 9.17) is 16.1 Å². The number of amides is 2. The van der Waals surface area contributed by atoms with Gasteiger partial charge in [0.05, 0.1) is 28.6 Å². The molecule has 59 heavy (non-hydrogen) atoms. The Morgan fingerprint density at radius 3 is 2.58 bits per heavy atom. The van der Waals surface area contributed by atoms with Crippen LogP contribution in [0.3, 0.4) is 0 Å². The van der Waals surface area contributed by atoms with Gasteiger partial charge in [0.25, 0.3) is 5.91 Å². The van der Waals surface area contributed by atoms with Gasteiger partial charge in [0.2, 0.25) is 5.91 Å². The van der Waals surface area contributed by atoms with Gasteiger partial charge >= 0.3 is 6.01 Å². The van der Waals surface area contributed by atoms with Crippen molar-refractivity contribution in [2.45, 2.75) is 69.1 Å². The number of phenols is 1. The van der Waals surface area contributed by atoms with Gasteiger partial charge in [-0.2, -0.15) is 9.97 Å². The Morgan fingerprint density at radius 2 is 1.83 bits per heavy atom. The second kappa shape index (κ2) is 14.3. The first kappa shape index (κ1) is 37.2. The highest BCUT2D eigenvalue weighted by Crippen LogP contribution is 2.42. The van der Waals surface area contributed by atoms with Gasteiger partial charge in [0, 0.05) is 48.9 Å². The summed E-state index contributed by atoms with van der Waals surface area (Å²) in [5, 5.41) is 11.8. The number of terminal acetylenes is 1. The minimum Gasteiger partial charge on any atom is -0.508 e. The number of carbonyl (C=O) groups is 2. The number of anilines is 1. The number of nitrogens with zero attached hydrogens (tertiary/aromatic N) is 7. The van der Waals surface area contributed by atoms with Crippen LogP contribution in [0.2, 0.25) is 0 Å². The molecule has 0 saturated carbocycles. The molecule has 300 valence electrons. The van der Waals surface area contributed by atoms with Gasteiger partial charge in [-0.1, -0.05) is 30.7 Å². The average molecular weight is 796 g/mol. The van der Waals surface area contributed by atoms with Crippen molar-refractivity contribution < 1.29 is 28.2 Å². The van der Waals surface area contributed by atoms with Crippen LogP contribution < -0.4 is 9.64 Å². The van der Waals surface area contributed by atoms with E-state index in [2.05, 4.69) is 32.3 Å². The minimum atomic E-state index is -0.782. The first-order chi connectivity index (χ1) is 28.7. The lowest BCUT2D eigenvalue weighted by Crippen LogP contribution is -2.56. The van der Waals surface area contributed by atoms with Crippen molar-refractivity contribution in [3.63, 3.8) is 0 Å². The highest BCUT2D eigenvalue weighted by Gasteiger charge is 2.46. The van der Waals surface area contributed by atoms with Crippen LogP contribution in [0.5, 0.6) is 11.8 Å². The molecule has 0 aliphatic carbocycles. The number of ether oxygens (including phenoxy) is 1. The Kier molecular flexibility index (Phi) is 9.01. The molecule has 2 aromatic heterocycles. The molecule has 5 aromatic rings. The van der Waals surface area contributed by atoms with E-state index in [9.17, 15) is 14.7 Å². The lowest BCUT2D eigenvalue weighted by molar-refractivity contribution is -0.126. The standard InChI is InChI=1S/C46H43F2N7O4/c1-3-32-37(47)13-10-27-20-31(56)21-35(39(27)32)41-40(48)42-36(22-49-41)43(51-45(50-42)59-26-46-15-6-17-54(46)18-7-16-46)53-24-29-11-12-30(25-53)55(29)44(58)34-9-5-8-28-23-52(38(57)4-2)19-14-33(28)34/h1,4-5,8-10,13,20-22,29-30,56H,2,6-7,11-12,14-19,23-26H2. The Bertz CT molecular complexity index is 2620. The van der Waals surface area contributed by atoms with Gasteiger partial charge in [-0.05, 0) is 105 Å². The number of carbonyl (C=O) groups excluding carboxylic acids is 2. The van der Waals surface area contributed by atoms with Crippen LogP contribution >= 0.6 is 0 Å². The van der Waals surface area contributed by atoms with Crippen molar-refractivity contribution in [1.82, 2.24) is 29.7 Å². The van der Waals surface area contributed by atoms with Crippen molar-refractivity contribution in [1.29, 1.82) is 0 Å². The average Bonchev–Trinajstić information content (AvgIpc) is 3.92. The lowest BCUT2D eigenvalue weighted by atomic mass is 9.93. The summed E-state index contributed by atoms with van der Waals surface area (Å²) in [4.78, 5) is 49.4. The number of fused-ring (bicyclic) bond motifs is 6. The van der Waals surface area contributed by atoms with Gasteiger partial charge in [-0.15, -0.1) is 6.42 Å². The molecule has 7 heterocycles. The van der Waals surface area contributed by atoms with Crippen molar-refractivity contribution in [2.75, 3.05) is 44.2 Å². The number of hydrogen-bond acceptors (Lipinski definition) is 9. The fourth-order valence-electron chi connectivity index (χ4n) is 10.6. The topological polar surface area (TPSA) is 115 Å². The molecule has 4 fully saturated rings. The summed E-state index contributed by atoms with van der Waals surface area (Å²) >= 11 is 0. The molecule has 2 unspecified atom stereocenters. The van der Waals surface area contributed by atoms with Crippen LogP contribution in [-0.2, 0) is 17.8 Å². The number of piperazine rings is 1. The smallest absolute Gasteiger partial charge is 0.319 e. The van der Waals surface area contributed by atoms with E-state index in [0.29, 0.717) is 61.4 Å². The van der Waals surface area contributed by atoms with Crippen LogP contribution in [0.1, 0.15) is 65.6 Å². The first-order valence-electron chi connectivity index (χ1n) is 20.4. The summed E-state index contributed by atoms with van der Waals surface area (Å²) in [5.74, 6) is 1.12. The number of aromatic hydroxyl groups is 1. The lowest BCUT2D eigenvalue weighted by Gasteiger charge is -2.42. The summed E-state index contributed by atoms with van der Waals surface area (Å²) < 4.78 is 38.7. The molecule has 11 nitrogen and oxygen atoms in total. The number of phenolic OH excluding ortho intramolecular Hbond substituents is 1. The third kappa shape index (κ3) is 6.06. The van der Waals surface area contributed by atoms with E-state index >= 15 is 8.78 Å². The summed E-state index contributed by atoms with van der Waals surface area (Å²) in [7, 11) is 0. The number of aromatic nitrogens is 3. The number of hydrogen-bond donors (Lipinski definition) is 1.